The number of alkyl halides is 3. The van der Waals surface area contributed by atoms with Crippen LogP contribution in [-0.2, 0) is 30.3 Å². The summed E-state index contributed by atoms with van der Waals surface area (Å²) in [5.74, 6) is -5.37. The Morgan fingerprint density at radius 1 is 1.24 bits per heavy atom. The Balaban J connectivity index is 1.62. The van der Waals surface area contributed by atoms with Crippen molar-refractivity contribution in [3.05, 3.63) is 35.4 Å². The highest BCUT2D eigenvalue weighted by Gasteiger charge is 2.43. The number of carbonyl (C=O) groups is 4. The number of ether oxygens (including phenoxy) is 1. The van der Waals surface area contributed by atoms with E-state index in [0.717, 1.165) is 24.5 Å². The molecule has 34 heavy (non-hydrogen) atoms. The Kier molecular flexibility index (Phi) is 8.24. The van der Waals surface area contributed by atoms with Crippen LogP contribution >= 0.6 is 0 Å². The molecule has 1 aromatic rings. The fourth-order valence-electron chi connectivity index (χ4n) is 3.87. The maximum Gasteiger partial charge on any atom is 0.491 e. The van der Waals surface area contributed by atoms with Crippen molar-refractivity contribution in [2.24, 2.45) is 4.99 Å². The van der Waals surface area contributed by atoms with Gasteiger partial charge in [-0.25, -0.2) is 4.79 Å². The second-order valence-electron chi connectivity index (χ2n) is 7.93. The van der Waals surface area contributed by atoms with Gasteiger partial charge < -0.3 is 20.3 Å². The van der Waals surface area contributed by atoms with Gasteiger partial charge in [-0.15, -0.1) is 0 Å². The number of hydrogen-bond donors (Lipinski definition) is 2. The molecule has 0 bridgehead atoms. The van der Waals surface area contributed by atoms with E-state index in [1.54, 1.807) is 24.3 Å². The topological polar surface area (TPSA) is 117 Å². The molecular formula is C22H25F3N4O5. The van der Waals surface area contributed by atoms with Crippen LogP contribution in [-0.4, -0.2) is 73.4 Å². The molecule has 9 nitrogen and oxygen atoms in total. The van der Waals surface area contributed by atoms with Gasteiger partial charge >= 0.3 is 18.1 Å². The minimum absolute atomic E-state index is 0.191. The zero-order valence-electron chi connectivity index (χ0n) is 18.3. The molecule has 184 valence electrons. The van der Waals surface area contributed by atoms with Crippen molar-refractivity contribution >= 4 is 29.6 Å². The number of halogens is 3. The van der Waals surface area contributed by atoms with Crippen molar-refractivity contribution in [2.75, 3.05) is 32.7 Å². The van der Waals surface area contributed by atoms with E-state index in [0.29, 0.717) is 31.4 Å². The fourth-order valence-corrected chi connectivity index (χ4v) is 3.87. The Morgan fingerprint density at radius 3 is 2.71 bits per heavy atom. The van der Waals surface area contributed by atoms with E-state index in [1.165, 1.54) is 4.90 Å². The van der Waals surface area contributed by atoms with Crippen LogP contribution in [0.1, 0.15) is 36.3 Å². The van der Waals surface area contributed by atoms with Gasteiger partial charge in [-0.1, -0.05) is 24.3 Å². The standard InChI is InChI=1S/C22H25F3N4O5/c23-22(24,25)21(33)34-19(31)12-16-15-5-2-1-4-14(15)7-11-29(20(16)32)13-18(30)28-8-3-6-17-26-9-10-27-17/h1-2,4-5,16H,3,6-13H2,(H,26,27)(H,28,30). The van der Waals surface area contributed by atoms with Gasteiger partial charge in [0.05, 0.1) is 31.3 Å². The summed E-state index contributed by atoms with van der Waals surface area (Å²) in [6.45, 7) is 1.85. The average Bonchev–Trinajstić information content (AvgIpc) is 3.26. The number of nitrogens with one attached hydrogen (secondary N) is 2. The van der Waals surface area contributed by atoms with E-state index < -0.39 is 42.3 Å². The molecule has 1 aromatic carbocycles. The molecule has 0 aliphatic carbocycles. The molecule has 1 unspecified atom stereocenters. The van der Waals surface area contributed by atoms with Gasteiger partial charge in [-0.3, -0.25) is 19.4 Å². The summed E-state index contributed by atoms with van der Waals surface area (Å²) in [5, 5.41) is 5.87. The summed E-state index contributed by atoms with van der Waals surface area (Å²) in [6, 6.07) is 6.71. The lowest BCUT2D eigenvalue weighted by atomic mass is 9.91. The van der Waals surface area contributed by atoms with Crippen LogP contribution in [0.5, 0.6) is 0 Å². The van der Waals surface area contributed by atoms with Gasteiger partial charge in [0.25, 0.3) is 0 Å². The van der Waals surface area contributed by atoms with Crippen LogP contribution in [0, 0.1) is 0 Å². The highest BCUT2D eigenvalue weighted by Crippen LogP contribution is 2.30. The Hall–Kier alpha value is -3.44. The zero-order valence-corrected chi connectivity index (χ0v) is 18.3. The summed E-state index contributed by atoms with van der Waals surface area (Å²) in [6.07, 6.45) is -4.33. The third kappa shape index (κ3) is 6.78. The number of amidine groups is 1. The second kappa shape index (κ2) is 11.1. The first-order valence-corrected chi connectivity index (χ1v) is 10.9. The molecule has 0 spiro atoms. The van der Waals surface area contributed by atoms with Gasteiger partial charge in [0, 0.05) is 26.1 Å². The molecule has 3 rings (SSSR count). The Labute approximate surface area is 193 Å². The molecule has 0 saturated heterocycles. The predicted molar refractivity (Wildman–Crippen MR) is 114 cm³/mol. The van der Waals surface area contributed by atoms with Crippen molar-refractivity contribution in [1.82, 2.24) is 15.5 Å². The largest absolute Gasteiger partial charge is 0.491 e. The Morgan fingerprint density at radius 2 is 2.00 bits per heavy atom. The van der Waals surface area contributed by atoms with Crippen molar-refractivity contribution in [3.8, 4) is 0 Å². The fraction of sp³-hybridized carbons (Fsp3) is 0.500. The van der Waals surface area contributed by atoms with Crippen molar-refractivity contribution < 1.29 is 37.1 Å². The maximum atomic E-state index is 13.2. The van der Waals surface area contributed by atoms with Gasteiger partial charge in [-0.2, -0.15) is 13.2 Å². The predicted octanol–water partition coefficient (Wildman–Crippen LogP) is 1.08. The van der Waals surface area contributed by atoms with Crippen LogP contribution in [0.25, 0.3) is 0 Å². The molecule has 1 atom stereocenters. The maximum absolute atomic E-state index is 13.2. The van der Waals surface area contributed by atoms with E-state index in [-0.39, 0.29) is 13.1 Å². The van der Waals surface area contributed by atoms with Gasteiger partial charge in [0.2, 0.25) is 11.8 Å². The lowest BCUT2D eigenvalue weighted by Crippen LogP contribution is -2.43. The molecule has 2 N–H and O–H groups in total. The normalized spacial score (nSPS) is 17.9. The zero-order chi connectivity index (χ0) is 24.7. The van der Waals surface area contributed by atoms with Crippen molar-refractivity contribution in [3.63, 3.8) is 0 Å². The summed E-state index contributed by atoms with van der Waals surface area (Å²) >= 11 is 0. The van der Waals surface area contributed by atoms with Gasteiger partial charge in [0.1, 0.15) is 0 Å². The smallest absolute Gasteiger partial charge is 0.386 e. The first-order valence-electron chi connectivity index (χ1n) is 10.9. The summed E-state index contributed by atoms with van der Waals surface area (Å²) in [4.78, 5) is 54.2. The highest BCUT2D eigenvalue weighted by atomic mass is 19.4. The van der Waals surface area contributed by atoms with Crippen molar-refractivity contribution in [1.29, 1.82) is 0 Å². The Bertz CT molecular complexity index is 980. The molecule has 2 aliphatic rings. The van der Waals surface area contributed by atoms with Crippen LogP contribution < -0.4 is 10.6 Å². The van der Waals surface area contributed by atoms with E-state index in [1.807, 2.05) is 0 Å². The molecule has 0 fully saturated rings. The minimum atomic E-state index is -5.33. The lowest BCUT2D eigenvalue weighted by molar-refractivity contribution is -0.202. The average molecular weight is 482 g/mol. The van der Waals surface area contributed by atoms with E-state index in [2.05, 4.69) is 20.4 Å². The van der Waals surface area contributed by atoms with Crippen LogP contribution in [0.15, 0.2) is 29.3 Å². The number of rotatable bonds is 8. The molecule has 12 heteroatoms. The summed E-state index contributed by atoms with van der Waals surface area (Å²) in [5.41, 5.74) is 1.18. The van der Waals surface area contributed by atoms with Gasteiger partial charge in [0.15, 0.2) is 0 Å². The number of aliphatic imine (C=N–C) groups is 1. The van der Waals surface area contributed by atoms with Crippen LogP contribution in [0.2, 0.25) is 0 Å². The summed E-state index contributed by atoms with van der Waals surface area (Å²) in [7, 11) is 0. The molecule has 2 heterocycles. The molecule has 2 aliphatic heterocycles. The quantitative estimate of drug-likeness (QED) is 0.325. The minimum Gasteiger partial charge on any atom is -0.386 e. The monoisotopic (exact) mass is 482 g/mol. The SMILES string of the molecule is O=C(CN1CCc2ccccc2C(CC(=O)OC(=O)C(F)(F)F)C1=O)NCCCC1=NCCN1. The number of nitrogens with zero attached hydrogens (tertiary/aromatic N) is 2. The number of benzene rings is 1. The summed E-state index contributed by atoms with van der Waals surface area (Å²) < 4.78 is 41.2. The number of amides is 2. The number of esters is 2. The van der Waals surface area contributed by atoms with Gasteiger partial charge in [-0.05, 0) is 24.0 Å². The number of carbonyl (C=O) groups excluding carboxylic acids is 4. The van der Waals surface area contributed by atoms with E-state index in [9.17, 15) is 32.3 Å². The molecular weight excluding hydrogens is 457 g/mol. The molecule has 0 radical (unpaired) electrons. The van der Waals surface area contributed by atoms with E-state index in [4.69, 9.17) is 0 Å². The number of fused-ring (bicyclic) bond motifs is 1. The third-order valence-corrected chi connectivity index (χ3v) is 5.49. The number of hydrogen-bond acceptors (Lipinski definition) is 7. The van der Waals surface area contributed by atoms with E-state index >= 15 is 0 Å². The van der Waals surface area contributed by atoms with Crippen LogP contribution in [0.3, 0.4) is 0 Å². The molecule has 2 amide bonds. The van der Waals surface area contributed by atoms with Crippen LogP contribution in [0.4, 0.5) is 13.2 Å². The highest BCUT2D eigenvalue weighted by molar-refractivity contribution is 5.94. The third-order valence-electron chi connectivity index (χ3n) is 5.49. The lowest BCUT2D eigenvalue weighted by Gasteiger charge is -2.24. The molecule has 0 aromatic heterocycles. The van der Waals surface area contributed by atoms with Crippen molar-refractivity contribution in [2.45, 2.75) is 37.8 Å². The second-order valence-corrected chi connectivity index (χ2v) is 7.93. The molecule has 0 saturated carbocycles. The first-order chi connectivity index (χ1) is 16.1. The first kappa shape index (κ1) is 25.2.